The number of alkyl halides is 1. The first-order valence-electron chi connectivity index (χ1n) is 5.22. The van der Waals surface area contributed by atoms with Crippen LogP contribution in [0.5, 0.6) is 0 Å². The Bertz CT molecular complexity index is 416. The second kappa shape index (κ2) is 6.96. The Labute approximate surface area is 107 Å². The molecule has 0 heterocycles. The van der Waals surface area contributed by atoms with Gasteiger partial charge in [-0.2, -0.15) is 0 Å². The summed E-state index contributed by atoms with van der Waals surface area (Å²) in [7, 11) is -1.97. The van der Waals surface area contributed by atoms with Gasteiger partial charge in [0.1, 0.15) is 0 Å². The molecular formula is C11H16ClNO3S. The SMILES string of the molecule is COCC(CCCl)NS(=O)(=O)c1ccccc1. The highest BCUT2D eigenvalue weighted by Gasteiger charge is 2.19. The molecule has 0 aliphatic rings. The first-order valence-corrected chi connectivity index (χ1v) is 7.24. The lowest BCUT2D eigenvalue weighted by atomic mass is 10.3. The Hall–Kier alpha value is -0.620. The number of nitrogens with one attached hydrogen (secondary N) is 1. The molecule has 96 valence electrons. The van der Waals surface area contributed by atoms with E-state index in [9.17, 15) is 8.42 Å². The molecule has 1 aromatic rings. The average Bonchev–Trinajstić information content (AvgIpc) is 2.30. The summed E-state index contributed by atoms with van der Waals surface area (Å²) < 4.78 is 31.5. The van der Waals surface area contributed by atoms with Gasteiger partial charge in [-0.05, 0) is 18.6 Å². The van der Waals surface area contributed by atoms with Crippen LogP contribution >= 0.6 is 11.6 Å². The highest BCUT2D eigenvalue weighted by molar-refractivity contribution is 7.89. The third kappa shape index (κ3) is 4.63. The summed E-state index contributed by atoms with van der Waals surface area (Å²) in [6, 6.07) is 7.93. The van der Waals surface area contributed by atoms with Crippen LogP contribution in [0.25, 0.3) is 0 Å². The molecule has 4 nitrogen and oxygen atoms in total. The molecule has 1 rings (SSSR count). The van der Waals surface area contributed by atoms with Crippen molar-refractivity contribution in [1.29, 1.82) is 0 Å². The molecule has 1 N–H and O–H groups in total. The van der Waals surface area contributed by atoms with E-state index in [0.717, 1.165) is 0 Å². The van der Waals surface area contributed by atoms with Crippen LogP contribution < -0.4 is 4.72 Å². The second-order valence-electron chi connectivity index (χ2n) is 3.56. The zero-order valence-corrected chi connectivity index (χ0v) is 11.2. The van der Waals surface area contributed by atoms with E-state index in [2.05, 4.69) is 4.72 Å². The van der Waals surface area contributed by atoms with Crippen molar-refractivity contribution >= 4 is 21.6 Å². The van der Waals surface area contributed by atoms with Crippen molar-refractivity contribution in [3.63, 3.8) is 0 Å². The molecule has 6 heteroatoms. The van der Waals surface area contributed by atoms with Crippen LogP contribution in [-0.4, -0.2) is 34.1 Å². The fourth-order valence-corrected chi connectivity index (χ4v) is 2.94. The highest BCUT2D eigenvalue weighted by Crippen LogP contribution is 2.09. The van der Waals surface area contributed by atoms with Crippen molar-refractivity contribution in [2.75, 3.05) is 19.6 Å². The van der Waals surface area contributed by atoms with Gasteiger partial charge in [0.15, 0.2) is 0 Å². The monoisotopic (exact) mass is 277 g/mol. The van der Waals surface area contributed by atoms with E-state index in [1.165, 1.54) is 7.11 Å². The Balaban J connectivity index is 2.77. The molecule has 0 bridgehead atoms. The molecule has 1 unspecified atom stereocenters. The van der Waals surface area contributed by atoms with Gasteiger partial charge in [-0.15, -0.1) is 11.6 Å². The number of methoxy groups -OCH3 is 1. The Morgan fingerprint density at radius 3 is 2.53 bits per heavy atom. The molecule has 1 atom stereocenters. The largest absolute Gasteiger partial charge is 0.383 e. The summed E-state index contributed by atoms with van der Waals surface area (Å²) in [6.07, 6.45) is 0.529. The van der Waals surface area contributed by atoms with Gasteiger partial charge < -0.3 is 4.74 Å². The fraction of sp³-hybridized carbons (Fsp3) is 0.455. The Kier molecular flexibility index (Phi) is 5.91. The van der Waals surface area contributed by atoms with Gasteiger partial charge in [-0.1, -0.05) is 18.2 Å². The average molecular weight is 278 g/mol. The third-order valence-electron chi connectivity index (χ3n) is 2.20. The maximum absolute atomic E-state index is 12.0. The summed E-state index contributed by atoms with van der Waals surface area (Å²) in [5, 5.41) is 0. The van der Waals surface area contributed by atoms with Crippen molar-refractivity contribution in [3.8, 4) is 0 Å². The maximum Gasteiger partial charge on any atom is 0.240 e. The summed E-state index contributed by atoms with van der Waals surface area (Å²) >= 11 is 5.62. The molecule has 0 saturated carbocycles. The van der Waals surface area contributed by atoms with Crippen LogP contribution in [0.15, 0.2) is 35.2 Å². The number of hydrogen-bond acceptors (Lipinski definition) is 3. The van der Waals surface area contributed by atoms with Crippen LogP contribution in [0.3, 0.4) is 0 Å². The predicted molar refractivity (Wildman–Crippen MR) is 67.8 cm³/mol. The van der Waals surface area contributed by atoms with E-state index in [1.54, 1.807) is 30.3 Å². The molecule has 0 radical (unpaired) electrons. The van der Waals surface area contributed by atoms with E-state index < -0.39 is 10.0 Å². The van der Waals surface area contributed by atoms with Crippen molar-refractivity contribution < 1.29 is 13.2 Å². The zero-order chi connectivity index (χ0) is 12.7. The highest BCUT2D eigenvalue weighted by atomic mass is 35.5. The van der Waals surface area contributed by atoms with Crippen LogP contribution in [0.1, 0.15) is 6.42 Å². The maximum atomic E-state index is 12.0. The first kappa shape index (κ1) is 14.4. The topological polar surface area (TPSA) is 55.4 Å². The second-order valence-corrected chi connectivity index (χ2v) is 5.66. The van der Waals surface area contributed by atoms with Gasteiger partial charge in [0.2, 0.25) is 10.0 Å². The van der Waals surface area contributed by atoms with Gasteiger partial charge in [0.05, 0.1) is 11.5 Å². The summed E-state index contributed by atoms with van der Waals surface area (Å²) in [5.41, 5.74) is 0. The summed E-state index contributed by atoms with van der Waals surface area (Å²) in [6.45, 7) is 0.304. The molecule has 0 aromatic heterocycles. The number of sulfonamides is 1. The van der Waals surface area contributed by atoms with Crippen LogP contribution in [0.2, 0.25) is 0 Å². The van der Waals surface area contributed by atoms with Gasteiger partial charge in [0, 0.05) is 19.0 Å². The lowest BCUT2D eigenvalue weighted by molar-refractivity contribution is 0.173. The lowest BCUT2D eigenvalue weighted by Gasteiger charge is -2.16. The van der Waals surface area contributed by atoms with Gasteiger partial charge in [-0.3, -0.25) is 0 Å². The molecule has 0 aliphatic heterocycles. The predicted octanol–water partition coefficient (Wildman–Crippen LogP) is 1.61. The number of halogens is 1. The molecule has 0 spiro atoms. The zero-order valence-electron chi connectivity index (χ0n) is 9.60. The summed E-state index contributed by atoms with van der Waals surface area (Å²) in [5.74, 6) is 0.380. The molecule has 17 heavy (non-hydrogen) atoms. The summed E-state index contributed by atoms with van der Waals surface area (Å²) in [4.78, 5) is 0.246. The third-order valence-corrected chi connectivity index (χ3v) is 3.96. The standard InChI is InChI=1S/C11H16ClNO3S/c1-16-9-10(7-8-12)13-17(14,15)11-5-3-2-4-6-11/h2-6,10,13H,7-9H2,1H3. The minimum Gasteiger partial charge on any atom is -0.383 e. The normalized spacial score (nSPS) is 13.5. The van der Waals surface area contributed by atoms with E-state index in [0.29, 0.717) is 18.9 Å². The fourth-order valence-electron chi connectivity index (χ4n) is 1.40. The van der Waals surface area contributed by atoms with Crippen LogP contribution in [0, 0.1) is 0 Å². The molecule has 0 fully saturated rings. The van der Waals surface area contributed by atoms with Crippen molar-refractivity contribution in [1.82, 2.24) is 4.72 Å². The van der Waals surface area contributed by atoms with Crippen molar-refractivity contribution in [3.05, 3.63) is 30.3 Å². The quantitative estimate of drug-likeness (QED) is 0.771. The first-order chi connectivity index (χ1) is 8.10. The lowest BCUT2D eigenvalue weighted by Crippen LogP contribution is -2.38. The van der Waals surface area contributed by atoms with Crippen LogP contribution in [0.4, 0.5) is 0 Å². The molecule has 0 aliphatic carbocycles. The van der Waals surface area contributed by atoms with Gasteiger partial charge in [-0.25, -0.2) is 13.1 Å². The van der Waals surface area contributed by atoms with Crippen LogP contribution in [-0.2, 0) is 14.8 Å². The molecule has 1 aromatic carbocycles. The van der Waals surface area contributed by atoms with E-state index in [4.69, 9.17) is 16.3 Å². The molecular weight excluding hydrogens is 262 g/mol. The Morgan fingerprint density at radius 2 is 2.00 bits per heavy atom. The minimum absolute atomic E-state index is 0.246. The van der Waals surface area contributed by atoms with Gasteiger partial charge in [0.25, 0.3) is 0 Å². The van der Waals surface area contributed by atoms with E-state index >= 15 is 0 Å². The number of rotatable bonds is 7. The number of ether oxygens (including phenoxy) is 1. The van der Waals surface area contributed by atoms with Crippen molar-refractivity contribution in [2.45, 2.75) is 17.4 Å². The van der Waals surface area contributed by atoms with Gasteiger partial charge >= 0.3 is 0 Å². The number of hydrogen-bond donors (Lipinski definition) is 1. The molecule has 0 amide bonds. The van der Waals surface area contributed by atoms with Crippen molar-refractivity contribution in [2.24, 2.45) is 0 Å². The Morgan fingerprint density at radius 1 is 1.35 bits per heavy atom. The van der Waals surface area contributed by atoms with E-state index in [-0.39, 0.29) is 10.9 Å². The minimum atomic E-state index is -3.49. The smallest absolute Gasteiger partial charge is 0.240 e. The molecule has 0 saturated heterocycles. The van der Waals surface area contributed by atoms with E-state index in [1.807, 2.05) is 0 Å². The number of benzene rings is 1.